The van der Waals surface area contributed by atoms with Crippen molar-refractivity contribution in [3.8, 4) is 0 Å². The standard InChI is InChI=1S/C13H24O2/c1-4-7-12(14)8-5-6-9-13(15)10-11(2)3/h11H,4-10H2,1-3H3. The van der Waals surface area contributed by atoms with Gasteiger partial charge in [-0.15, -0.1) is 0 Å². The number of Topliss-reactive ketones (excluding diaryl/α,β-unsaturated/α-hetero) is 2. The van der Waals surface area contributed by atoms with Gasteiger partial charge in [-0.2, -0.15) is 0 Å². The lowest BCUT2D eigenvalue weighted by atomic mass is 10.0. The minimum Gasteiger partial charge on any atom is -0.300 e. The van der Waals surface area contributed by atoms with Gasteiger partial charge in [0.15, 0.2) is 0 Å². The summed E-state index contributed by atoms with van der Waals surface area (Å²) in [6, 6.07) is 0. The Kier molecular flexibility index (Phi) is 8.25. The van der Waals surface area contributed by atoms with E-state index in [1.54, 1.807) is 0 Å². The number of hydrogen-bond donors (Lipinski definition) is 0. The van der Waals surface area contributed by atoms with Crippen molar-refractivity contribution in [2.24, 2.45) is 5.92 Å². The minimum absolute atomic E-state index is 0.341. The van der Waals surface area contributed by atoms with Gasteiger partial charge in [-0.05, 0) is 25.2 Å². The van der Waals surface area contributed by atoms with E-state index in [1.807, 2.05) is 6.92 Å². The molecular weight excluding hydrogens is 188 g/mol. The molecule has 0 aromatic rings. The molecule has 0 aromatic carbocycles. The van der Waals surface area contributed by atoms with Gasteiger partial charge in [0.2, 0.25) is 0 Å². The largest absolute Gasteiger partial charge is 0.300 e. The van der Waals surface area contributed by atoms with Gasteiger partial charge in [-0.3, -0.25) is 9.59 Å². The third-order valence-corrected chi connectivity index (χ3v) is 2.33. The van der Waals surface area contributed by atoms with Crippen molar-refractivity contribution in [2.75, 3.05) is 0 Å². The average Bonchev–Trinajstić information content (AvgIpc) is 2.12. The Balaban J connectivity index is 3.38. The van der Waals surface area contributed by atoms with Crippen LogP contribution in [0.3, 0.4) is 0 Å². The van der Waals surface area contributed by atoms with E-state index in [4.69, 9.17) is 0 Å². The van der Waals surface area contributed by atoms with Crippen LogP contribution in [0.25, 0.3) is 0 Å². The Hall–Kier alpha value is -0.660. The summed E-state index contributed by atoms with van der Waals surface area (Å²) < 4.78 is 0. The molecule has 0 amide bonds. The predicted octanol–water partition coefficient (Wildman–Crippen LogP) is 3.53. The zero-order valence-electron chi connectivity index (χ0n) is 10.3. The molecule has 0 rings (SSSR count). The SMILES string of the molecule is CCCC(=O)CCCCC(=O)CC(C)C. The number of unbranched alkanes of at least 4 members (excludes halogenated alkanes) is 1. The summed E-state index contributed by atoms with van der Waals surface area (Å²) in [5.74, 6) is 1.14. The minimum atomic E-state index is 0.341. The molecule has 0 aromatic heterocycles. The number of carbonyl (C=O) groups is 2. The molecule has 0 radical (unpaired) electrons. The van der Waals surface area contributed by atoms with Gasteiger partial charge in [0.1, 0.15) is 11.6 Å². The molecule has 0 saturated heterocycles. The van der Waals surface area contributed by atoms with Crippen LogP contribution in [0.4, 0.5) is 0 Å². The lowest BCUT2D eigenvalue weighted by Crippen LogP contribution is -2.03. The number of hydrogen-bond acceptors (Lipinski definition) is 2. The third-order valence-electron chi connectivity index (χ3n) is 2.33. The smallest absolute Gasteiger partial charge is 0.133 e. The van der Waals surface area contributed by atoms with Crippen LogP contribution in [-0.4, -0.2) is 11.6 Å². The van der Waals surface area contributed by atoms with E-state index >= 15 is 0 Å². The molecule has 2 heteroatoms. The van der Waals surface area contributed by atoms with E-state index < -0.39 is 0 Å². The Morgan fingerprint density at radius 2 is 1.47 bits per heavy atom. The molecule has 0 bridgehead atoms. The Bertz CT molecular complexity index is 195. The summed E-state index contributed by atoms with van der Waals surface area (Å²) in [7, 11) is 0. The summed E-state index contributed by atoms with van der Waals surface area (Å²) >= 11 is 0. The lowest BCUT2D eigenvalue weighted by molar-refractivity contribution is -0.121. The van der Waals surface area contributed by atoms with Gasteiger partial charge in [-0.25, -0.2) is 0 Å². The van der Waals surface area contributed by atoms with Crippen molar-refractivity contribution < 1.29 is 9.59 Å². The first-order valence-electron chi connectivity index (χ1n) is 6.09. The van der Waals surface area contributed by atoms with Crippen LogP contribution < -0.4 is 0 Å². The van der Waals surface area contributed by atoms with Crippen LogP contribution in [0.15, 0.2) is 0 Å². The van der Waals surface area contributed by atoms with Crippen molar-refractivity contribution in [3.63, 3.8) is 0 Å². The number of ketones is 2. The van der Waals surface area contributed by atoms with Crippen LogP contribution in [0.1, 0.15) is 65.7 Å². The molecule has 0 aliphatic rings. The molecule has 0 atom stereocenters. The first-order chi connectivity index (χ1) is 7.06. The summed E-state index contributed by atoms with van der Waals surface area (Å²) in [6.45, 7) is 6.13. The second-order valence-electron chi connectivity index (χ2n) is 4.63. The monoisotopic (exact) mass is 212 g/mol. The zero-order chi connectivity index (χ0) is 11.7. The Morgan fingerprint density at radius 1 is 0.933 bits per heavy atom. The van der Waals surface area contributed by atoms with Gasteiger partial charge in [0.25, 0.3) is 0 Å². The van der Waals surface area contributed by atoms with Crippen molar-refractivity contribution in [1.82, 2.24) is 0 Å². The molecule has 0 N–H and O–H groups in total. The normalized spacial score (nSPS) is 10.7. The predicted molar refractivity (Wildman–Crippen MR) is 62.8 cm³/mol. The fourth-order valence-electron chi connectivity index (χ4n) is 1.61. The fraction of sp³-hybridized carbons (Fsp3) is 0.846. The summed E-state index contributed by atoms with van der Waals surface area (Å²) in [5.41, 5.74) is 0. The third kappa shape index (κ3) is 9.64. The topological polar surface area (TPSA) is 34.1 Å². The average molecular weight is 212 g/mol. The zero-order valence-corrected chi connectivity index (χ0v) is 10.3. The maximum atomic E-state index is 11.3. The van der Waals surface area contributed by atoms with Gasteiger partial charge < -0.3 is 0 Å². The van der Waals surface area contributed by atoms with Crippen LogP contribution in [-0.2, 0) is 9.59 Å². The van der Waals surface area contributed by atoms with Crippen LogP contribution in [0.5, 0.6) is 0 Å². The fourth-order valence-corrected chi connectivity index (χ4v) is 1.61. The molecule has 0 aliphatic heterocycles. The first kappa shape index (κ1) is 14.3. The van der Waals surface area contributed by atoms with E-state index in [-0.39, 0.29) is 0 Å². The van der Waals surface area contributed by atoms with Gasteiger partial charge in [0, 0.05) is 25.7 Å². The molecule has 0 aliphatic carbocycles. The van der Waals surface area contributed by atoms with Crippen molar-refractivity contribution in [3.05, 3.63) is 0 Å². The van der Waals surface area contributed by atoms with Crippen molar-refractivity contribution in [1.29, 1.82) is 0 Å². The first-order valence-corrected chi connectivity index (χ1v) is 6.09. The molecule has 0 fully saturated rings. The molecule has 15 heavy (non-hydrogen) atoms. The highest BCUT2D eigenvalue weighted by Crippen LogP contribution is 2.08. The highest BCUT2D eigenvalue weighted by atomic mass is 16.1. The van der Waals surface area contributed by atoms with E-state index in [1.165, 1.54) is 0 Å². The number of rotatable bonds is 9. The summed E-state index contributed by atoms with van der Waals surface area (Å²) in [5, 5.41) is 0. The second-order valence-corrected chi connectivity index (χ2v) is 4.63. The highest BCUT2D eigenvalue weighted by Gasteiger charge is 2.05. The molecule has 2 nitrogen and oxygen atoms in total. The molecule has 0 unspecified atom stereocenters. The molecule has 0 saturated carbocycles. The molecule has 88 valence electrons. The van der Waals surface area contributed by atoms with Crippen LogP contribution in [0, 0.1) is 5.92 Å². The van der Waals surface area contributed by atoms with E-state index in [2.05, 4.69) is 13.8 Å². The molecule has 0 heterocycles. The van der Waals surface area contributed by atoms with Crippen LogP contribution in [0.2, 0.25) is 0 Å². The van der Waals surface area contributed by atoms with Gasteiger partial charge in [0.05, 0.1) is 0 Å². The van der Waals surface area contributed by atoms with Gasteiger partial charge >= 0.3 is 0 Å². The highest BCUT2D eigenvalue weighted by molar-refractivity contribution is 5.79. The summed E-state index contributed by atoms with van der Waals surface area (Å²) in [4.78, 5) is 22.5. The van der Waals surface area contributed by atoms with Crippen molar-refractivity contribution >= 4 is 11.6 Å². The summed E-state index contributed by atoms with van der Waals surface area (Å²) in [6.07, 6.45) is 5.37. The van der Waals surface area contributed by atoms with Crippen molar-refractivity contribution in [2.45, 2.75) is 65.7 Å². The Morgan fingerprint density at radius 3 is 1.93 bits per heavy atom. The van der Waals surface area contributed by atoms with E-state index in [9.17, 15) is 9.59 Å². The number of carbonyl (C=O) groups excluding carboxylic acids is 2. The lowest BCUT2D eigenvalue weighted by Gasteiger charge is -2.03. The Labute approximate surface area is 93.4 Å². The second kappa shape index (κ2) is 8.63. The van der Waals surface area contributed by atoms with Crippen LogP contribution >= 0.6 is 0 Å². The van der Waals surface area contributed by atoms with E-state index in [0.717, 1.165) is 19.3 Å². The molecular formula is C13H24O2. The maximum absolute atomic E-state index is 11.3. The quantitative estimate of drug-likeness (QED) is 0.548. The van der Waals surface area contributed by atoms with E-state index in [0.29, 0.717) is 43.2 Å². The van der Waals surface area contributed by atoms with Gasteiger partial charge in [-0.1, -0.05) is 20.8 Å². The maximum Gasteiger partial charge on any atom is 0.133 e. The molecule has 0 spiro atoms.